The van der Waals surface area contributed by atoms with Crippen LogP contribution >= 0.6 is 15.9 Å². The van der Waals surface area contributed by atoms with E-state index in [1.165, 1.54) is 18.2 Å². The summed E-state index contributed by atoms with van der Waals surface area (Å²) in [5.41, 5.74) is 7.51. The second-order valence-corrected chi connectivity index (χ2v) is 4.88. The maximum absolute atomic E-state index is 13.7. The zero-order valence-corrected chi connectivity index (χ0v) is 11.3. The lowest BCUT2D eigenvalue weighted by atomic mass is 9.97. The largest absolute Gasteiger partial charge is 0.320 e. The molecule has 1 nitrogen and oxygen atoms in total. The van der Waals surface area contributed by atoms with Gasteiger partial charge in [-0.1, -0.05) is 40.2 Å². The first-order valence-corrected chi connectivity index (χ1v) is 6.26. The molecule has 2 aromatic carbocycles. The molecule has 2 rings (SSSR count). The summed E-state index contributed by atoms with van der Waals surface area (Å²) in [6.07, 6.45) is 0. The molecule has 0 saturated heterocycles. The Morgan fingerprint density at radius 2 is 1.61 bits per heavy atom. The zero-order chi connectivity index (χ0) is 13.3. The minimum atomic E-state index is -0.833. The Balaban J connectivity index is 2.55. The van der Waals surface area contributed by atoms with Gasteiger partial charge < -0.3 is 5.73 Å². The van der Waals surface area contributed by atoms with Crippen LogP contribution in [0.3, 0.4) is 0 Å². The predicted octanol–water partition coefficient (Wildman–Crippen LogP) is 4.08. The van der Waals surface area contributed by atoms with Gasteiger partial charge in [-0.15, -0.1) is 0 Å². The average molecular weight is 312 g/mol. The summed E-state index contributed by atoms with van der Waals surface area (Å²) >= 11 is 3.40. The van der Waals surface area contributed by atoms with Gasteiger partial charge in [-0.2, -0.15) is 0 Å². The van der Waals surface area contributed by atoms with Crippen LogP contribution in [0.2, 0.25) is 0 Å². The van der Waals surface area contributed by atoms with Crippen LogP contribution in [0.15, 0.2) is 40.9 Å². The molecule has 0 fully saturated rings. The number of aryl methyl sites for hydroxylation is 1. The Hall–Kier alpha value is -1.26. The van der Waals surface area contributed by atoms with Gasteiger partial charge in [0.05, 0.1) is 6.04 Å². The van der Waals surface area contributed by atoms with Crippen LogP contribution in [0.4, 0.5) is 8.78 Å². The molecule has 2 aromatic rings. The van der Waals surface area contributed by atoms with E-state index in [0.717, 1.165) is 10.0 Å². The van der Waals surface area contributed by atoms with E-state index in [0.29, 0.717) is 5.56 Å². The lowest BCUT2D eigenvalue weighted by Gasteiger charge is -2.17. The van der Waals surface area contributed by atoms with Gasteiger partial charge >= 0.3 is 0 Å². The van der Waals surface area contributed by atoms with Crippen LogP contribution < -0.4 is 5.73 Å². The molecule has 94 valence electrons. The van der Waals surface area contributed by atoms with Gasteiger partial charge in [-0.3, -0.25) is 0 Å². The third kappa shape index (κ3) is 2.31. The molecule has 0 aliphatic heterocycles. The fraction of sp³-hybridized carbons (Fsp3) is 0.143. The lowest BCUT2D eigenvalue weighted by Crippen LogP contribution is -2.16. The molecule has 0 radical (unpaired) electrons. The van der Waals surface area contributed by atoms with Crippen molar-refractivity contribution >= 4 is 15.9 Å². The third-order valence-corrected chi connectivity index (χ3v) is 3.95. The second kappa shape index (κ2) is 5.16. The van der Waals surface area contributed by atoms with Gasteiger partial charge in [0, 0.05) is 10.0 Å². The van der Waals surface area contributed by atoms with E-state index in [1.807, 2.05) is 19.1 Å². The van der Waals surface area contributed by atoms with E-state index >= 15 is 0 Å². The van der Waals surface area contributed by atoms with Crippen LogP contribution in [0, 0.1) is 18.6 Å². The Kier molecular flexibility index (Phi) is 3.78. The number of rotatable bonds is 2. The van der Waals surface area contributed by atoms with Gasteiger partial charge in [-0.05, 0) is 30.2 Å². The van der Waals surface area contributed by atoms with Crippen LogP contribution in [0.1, 0.15) is 22.7 Å². The van der Waals surface area contributed by atoms with Crippen molar-refractivity contribution in [2.75, 3.05) is 0 Å². The SMILES string of the molecule is Cc1cccc(C(N)c2c(F)cccc2F)c1Br. The van der Waals surface area contributed by atoms with E-state index in [-0.39, 0.29) is 5.56 Å². The topological polar surface area (TPSA) is 26.0 Å². The standard InChI is InChI=1S/C14H12BrF2N/c1-8-4-2-5-9(13(8)15)14(18)12-10(16)6-3-7-11(12)17/h2-7,14H,18H2,1H3. The predicted molar refractivity (Wildman–Crippen MR) is 71.3 cm³/mol. The van der Waals surface area contributed by atoms with Crippen LogP contribution in [-0.2, 0) is 0 Å². The van der Waals surface area contributed by atoms with E-state index in [2.05, 4.69) is 15.9 Å². The summed E-state index contributed by atoms with van der Waals surface area (Å²) in [4.78, 5) is 0. The van der Waals surface area contributed by atoms with E-state index in [4.69, 9.17) is 5.73 Å². The third-order valence-electron chi connectivity index (χ3n) is 2.87. The van der Waals surface area contributed by atoms with Gasteiger partial charge in [0.15, 0.2) is 0 Å². The summed E-state index contributed by atoms with van der Waals surface area (Å²) < 4.78 is 28.1. The normalized spacial score (nSPS) is 12.5. The van der Waals surface area contributed by atoms with Crippen LogP contribution in [0.25, 0.3) is 0 Å². The first-order chi connectivity index (χ1) is 8.52. The van der Waals surface area contributed by atoms with Crippen molar-refractivity contribution < 1.29 is 8.78 Å². The van der Waals surface area contributed by atoms with Gasteiger partial charge in [0.25, 0.3) is 0 Å². The molecule has 0 spiro atoms. The summed E-state index contributed by atoms with van der Waals surface area (Å²) in [5, 5.41) is 0. The molecule has 1 atom stereocenters. The van der Waals surface area contributed by atoms with Crippen molar-refractivity contribution in [3.8, 4) is 0 Å². The van der Waals surface area contributed by atoms with Crippen molar-refractivity contribution in [3.05, 3.63) is 69.2 Å². The van der Waals surface area contributed by atoms with Crippen LogP contribution in [-0.4, -0.2) is 0 Å². The van der Waals surface area contributed by atoms with E-state index in [1.54, 1.807) is 6.07 Å². The number of hydrogen-bond acceptors (Lipinski definition) is 1. The van der Waals surface area contributed by atoms with Crippen molar-refractivity contribution in [2.45, 2.75) is 13.0 Å². The summed E-state index contributed by atoms with van der Waals surface area (Å²) in [6.45, 7) is 1.90. The Labute approximate surface area is 113 Å². The Morgan fingerprint density at radius 3 is 2.22 bits per heavy atom. The Morgan fingerprint density at radius 1 is 1.06 bits per heavy atom. The minimum Gasteiger partial charge on any atom is -0.320 e. The van der Waals surface area contributed by atoms with Gasteiger partial charge in [0.2, 0.25) is 0 Å². The summed E-state index contributed by atoms with van der Waals surface area (Å²) in [6, 6.07) is 8.39. The average Bonchev–Trinajstić information content (AvgIpc) is 2.32. The highest BCUT2D eigenvalue weighted by Crippen LogP contribution is 2.31. The second-order valence-electron chi connectivity index (χ2n) is 4.09. The van der Waals surface area contributed by atoms with Crippen LogP contribution in [0.5, 0.6) is 0 Å². The molecule has 0 amide bonds. The smallest absolute Gasteiger partial charge is 0.131 e. The summed E-state index contributed by atoms with van der Waals surface area (Å²) in [7, 11) is 0. The number of benzene rings is 2. The van der Waals surface area contributed by atoms with Crippen molar-refractivity contribution in [1.82, 2.24) is 0 Å². The van der Waals surface area contributed by atoms with E-state index < -0.39 is 17.7 Å². The molecule has 0 aromatic heterocycles. The summed E-state index contributed by atoms with van der Waals surface area (Å²) in [5.74, 6) is -1.26. The number of hydrogen-bond donors (Lipinski definition) is 1. The molecule has 4 heteroatoms. The molecule has 0 heterocycles. The molecule has 18 heavy (non-hydrogen) atoms. The molecule has 0 bridgehead atoms. The van der Waals surface area contributed by atoms with Crippen molar-refractivity contribution in [3.63, 3.8) is 0 Å². The highest BCUT2D eigenvalue weighted by molar-refractivity contribution is 9.10. The monoisotopic (exact) mass is 311 g/mol. The quantitative estimate of drug-likeness (QED) is 0.888. The highest BCUT2D eigenvalue weighted by atomic mass is 79.9. The molecule has 0 saturated carbocycles. The first-order valence-electron chi connectivity index (χ1n) is 5.47. The minimum absolute atomic E-state index is 0.108. The maximum Gasteiger partial charge on any atom is 0.131 e. The molecular formula is C14H12BrF2N. The molecule has 2 N–H and O–H groups in total. The van der Waals surface area contributed by atoms with E-state index in [9.17, 15) is 8.78 Å². The molecule has 1 unspecified atom stereocenters. The van der Waals surface area contributed by atoms with Crippen molar-refractivity contribution in [2.24, 2.45) is 5.73 Å². The molecular weight excluding hydrogens is 300 g/mol. The zero-order valence-electron chi connectivity index (χ0n) is 9.75. The van der Waals surface area contributed by atoms with Gasteiger partial charge in [-0.25, -0.2) is 8.78 Å². The number of halogens is 3. The van der Waals surface area contributed by atoms with Gasteiger partial charge in [0.1, 0.15) is 11.6 Å². The number of nitrogens with two attached hydrogens (primary N) is 1. The molecule has 0 aliphatic rings. The fourth-order valence-electron chi connectivity index (χ4n) is 1.87. The fourth-order valence-corrected chi connectivity index (χ4v) is 2.38. The Bertz CT molecular complexity index is 564. The lowest BCUT2D eigenvalue weighted by molar-refractivity contribution is 0.543. The first kappa shape index (κ1) is 13.2. The molecule has 0 aliphatic carbocycles. The highest BCUT2D eigenvalue weighted by Gasteiger charge is 2.20. The van der Waals surface area contributed by atoms with Crippen molar-refractivity contribution in [1.29, 1.82) is 0 Å². The maximum atomic E-state index is 13.7.